The van der Waals surface area contributed by atoms with Crippen LogP contribution in [0.2, 0.25) is 0 Å². The van der Waals surface area contributed by atoms with Gasteiger partial charge < -0.3 is 14.2 Å². The Kier molecular flexibility index (Phi) is 10.7. The molecule has 1 aliphatic heterocycles. The minimum Gasteiger partial charge on any atom is -0.457 e. The number of nitrogens with zero attached hydrogens (tertiary/aromatic N) is 4. The summed E-state index contributed by atoms with van der Waals surface area (Å²) in [5.41, 5.74) is 17.4. The van der Waals surface area contributed by atoms with Crippen molar-refractivity contribution in [1.82, 2.24) is 14.1 Å². The molecule has 0 fully saturated rings. The maximum absolute atomic E-state index is 6.95. The molecule has 0 amide bonds. The van der Waals surface area contributed by atoms with Crippen molar-refractivity contribution in [3.05, 3.63) is 301 Å². The smallest absolute Gasteiger partial charge is 0.137 e. The molecule has 16 rings (SSSR count). The van der Waals surface area contributed by atoms with Gasteiger partial charge in [-0.3, -0.25) is 4.57 Å². The first-order valence-electron chi connectivity index (χ1n) is 28.5. The van der Waals surface area contributed by atoms with Crippen molar-refractivity contribution >= 4 is 76.5 Å². The molecule has 5 heteroatoms. The Morgan fingerprint density at radius 1 is 0.415 bits per heavy atom. The first kappa shape index (κ1) is 47.7. The Morgan fingerprint density at radius 3 is 1.67 bits per heavy atom. The average Bonchev–Trinajstić information content (AvgIpc) is 2.63. The van der Waals surface area contributed by atoms with Gasteiger partial charge in [0.25, 0.3) is 0 Å². The van der Waals surface area contributed by atoms with Crippen molar-refractivity contribution in [2.24, 2.45) is 0 Å². The number of pyridine rings is 1. The molecule has 2 aliphatic rings. The molecule has 1 aliphatic carbocycles. The topological polar surface area (TPSA) is 35.2 Å². The number of ether oxygens (including phenoxy) is 1. The van der Waals surface area contributed by atoms with E-state index in [-0.39, 0.29) is 5.41 Å². The first-order valence-corrected chi connectivity index (χ1v) is 28.5. The van der Waals surface area contributed by atoms with E-state index in [1.54, 1.807) is 0 Å². The van der Waals surface area contributed by atoms with Crippen molar-refractivity contribution in [2.75, 3.05) is 4.90 Å². The lowest BCUT2D eigenvalue weighted by atomic mass is 9.67. The van der Waals surface area contributed by atoms with Crippen LogP contribution in [0.15, 0.2) is 273 Å². The van der Waals surface area contributed by atoms with E-state index in [0.717, 1.165) is 50.7 Å². The zero-order chi connectivity index (χ0) is 54.7. The van der Waals surface area contributed by atoms with Crippen LogP contribution in [0.5, 0.6) is 11.5 Å². The molecule has 0 saturated carbocycles. The highest BCUT2D eigenvalue weighted by Gasteiger charge is 2.46. The summed E-state index contributed by atoms with van der Waals surface area (Å²) in [6.45, 7) is 7.31. The molecule has 0 spiro atoms. The van der Waals surface area contributed by atoms with Crippen molar-refractivity contribution < 1.29 is 4.74 Å². The number of para-hydroxylation sites is 3. The minimum absolute atomic E-state index is 0.0295. The van der Waals surface area contributed by atoms with Crippen LogP contribution in [-0.4, -0.2) is 14.1 Å². The highest BCUT2D eigenvalue weighted by molar-refractivity contribution is 6.22. The van der Waals surface area contributed by atoms with Gasteiger partial charge in [-0.2, -0.15) is 0 Å². The van der Waals surface area contributed by atoms with Crippen LogP contribution in [0, 0.1) is 0 Å². The van der Waals surface area contributed by atoms with Gasteiger partial charge in [0.2, 0.25) is 0 Å². The number of benzene rings is 11. The van der Waals surface area contributed by atoms with Gasteiger partial charge in [0.1, 0.15) is 24.0 Å². The molecule has 0 saturated heterocycles. The molecule has 390 valence electrons. The second-order valence-electron chi connectivity index (χ2n) is 23.0. The lowest BCUT2D eigenvalue weighted by Crippen LogP contribution is -2.28. The van der Waals surface area contributed by atoms with E-state index in [1.165, 1.54) is 93.2 Å². The summed E-state index contributed by atoms with van der Waals surface area (Å²) in [6.07, 6.45) is 1.93. The largest absolute Gasteiger partial charge is 0.457 e. The summed E-state index contributed by atoms with van der Waals surface area (Å²) in [5, 5.41) is 9.51. The van der Waals surface area contributed by atoms with E-state index >= 15 is 0 Å². The van der Waals surface area contributed by atoms with Crippen LogP contribution < -0.4 is 9.64 Å². The Hall–Kier alpha value is -10.2. The van der Waals surface area contributed by atoms with Gasteiger partial charge in [-0.15, -0.1) is 0 Å². The Morgan fingerprint density at radius 2 is 0.963 bits per heavy atom. The van der Waals surface area contributed by atoms with Crippen LogP contribution in [0.1, 0.15) is 48.6 Å². The van der Waals surface area contributed by atoms with E-state index in [1.807, 2.05) is 6.20 Å². The number of hydrogen-bond donors (Lipinski definition) is 0. The molecule has 0 unspecified atom stereocenters. The second kappa shape index (κ2) is 18.4. The maximum Gasteiger partial charge on any atom is 0.137 e. The number of fused-ring (bicyclic) bond motifs is 13. The van der Waals surface area contributed by atoms with E-state index in [0.29, 0.717) is 6.67 Å². The molecule has 5 nitrogen and oxygen atoms in total. The monoisotopic (exact) mass is 1050 g/mol. The lowest BCUT2D eigenvalue weighted by Gasteiger charge is -2.34. The SMILES string of the molecule is CC(C)(C)c1ccnc(-n2c3ccccc3c3ccc(Oc4cccc(N5Cn6c7c(-c8ccc(C9(c%10ccccc%10)c%10ccccc%10-c%10ccccc%109)cc8)cccc7c7ccccc7c7ccccc7c7cccc5c76)c4)cc32)c1. The third-order valence-corrected chi connectivity index (χ3v) is 17.5. The average molecular weight is 1050 g/mol. The highest BCUT2D eigenvalue weighted by atomic mass is 16.5. The molecule has 4 heterocycles. The van der Waals surface area contributed by atoms with Gasteiger partial charge >= 0.3 is 0 Å². The zero-order valence-corrected chi connectivity index (χ0v) is 45.9. The molecule has 11 aromatic carbocycles. The lowest BCUT2D eigenvalue weighted by molar-refractivity contribution is 0.483. The van der Waals surface area contributed by atoms with Gasteiger partial charge in [0.05, 0.1) is 33.2 Å². The van der Waals surface area contributed by atoms with Crippen LogP contribution in [-0.2, 0) is 17.5 Å². The Labute approximate surface area is 476 Å². The molecular weight excluding hydrogens is 997 g/mol. The van der Waals surface area contributed by atoms with Crippen LogP contribution in [0.25, 0.3) is 93.2 Å². The van der Waals surface area contributed by atoms with Gasteiger partial charge in [-0.25, -0.2) is 4.98 Å². The Balaban J connectivity index is 0.866. The number of aromatic nitrogens is 3. The van der Waals surface area contributed by atoms with E-state index < -0.39 is 5.41 Å². The highest BCUT2D eigenvalue weighted by Crippen LogP contribution is 2.56. The van der Waals surface area contributed by atoms with Crippen molar-refractivity contribution in [1.29, 1.82) is 0 Å². The van der Waals surface area contributed by atoms with Gasteiger partial charge in [-0.05, 0) is 120 Å². The molecule has 0 N–H and O–H groups in total. The summed E-state index contributed by atoms with van der Waals surface area (Å²) in [5.74, 6) is 2.40. The van der Waals surface area contributed by atoms with Gasteiger partial charge in [0, 0.05) is 51.1 Å². The molecule has 0 bridgehead atoms. The fourth-order valence-electron chi connectivity index (χ4n) is 13.9. The van der Waals surface area contributed by atoms with Crippen molar-refractivity contribution in [2.45, 2.75) is 38.3 Å². The zero-order valence-electron chi connectivity index (χ0n) is 45.9. The van der Waals surface area contributed by atoms with E-state index in [4.69, 9.17) is 9.72 Å². The number of anilines is 2. The molecule has 0 radical (unpaired) electrons. The van der Waals surface area contributed by atoms with Crippen LogP contribution in [0.4, 0.5) is 11.4 Å². The summed E-state index contributed by atoms with van der Waals surface area (Å²) >= 11 is 0. The minimum atomic E-state index is -0.495. The van der Waals surface area contributed by atoms with Crippen molar-refractivity contribution in [3.63, 3.8) is 0 Å². The normalized spacial score (nSPS) is 13.3. The number of rotatable bonds is 7. The quantitative estimate of drug-likeness (QED) is 0.160. The second-order valence-corrected chi connectivity index (χ2v) is 23.0. The fourth-order valence-corrected chi connectivity index (χ4v) is 13.9. The molecule has 0 atom stereocenters. The Bertz CT molecular complexity index is 4940. The van der Waals surface area contributed by atoms with Crippen molar-refractivity contribution in [3.8, 4) is 39.6 Å². The van der Waals surface area contributed by atoms with E-state index in [2.05, 4.69) is 302 Å². The summed E-state index contributed by atoms with van der Waals surface area (Å²) in [6, 6.07) is 98.1. The van der Waals surface area contributed by atoms with Gasteiger partial charge in [0.15, 0.2) is 0 Å². The third kappa shape index (κ3) is 7.22. The van der Waals surface area contributed by atoms with Crippen LogP contribution >= 0.6 is 0 Å². The van der Waals surface area contributed by atoms with Gasteiger partial charge in [-0.1, -0.05) is 227 Å². The summed E-state index contributed by atoms with van der Waals surface area (Å²) in [7, 11) is 0. The van der Waals surface area contributed by atoms with E-state index in [9.17, 15) is 0 Å². The number of hydrogen-bond acceptors (Lipinski definition) is 3. The summed E-state index contributed by atoms with van der Waals surface area (Å²) in [4.78, 5) is 7.40. The standard InChI is InChI=1S/C77H56N4O/c1-76(2,3)53-44-45-78-73(46-53)81-70-36-16-13-30-64(70)65-43-42-56(48-72(65)81)82-55-23-17-22-54(47-55)79-49-80-74-57(31-18-32-66(74)60-26-9-7-24-58(60)59-25-8-10-27-61(59)67-33-19-37-71(79)75(67)80)50-38-40-52(41-39-50)77(51-20-5-4-6-21-51)68-34-14-11-28-62(68)63-29-12-15-35-69(63)77/h4-48H,49H2,1-3H3. The predicted octanol–water partition coefficient (Wildman–Crippen LogP) is 19.9. The predicted molar refractivity (Wildman–Crippen MR) is 341 cm³/mol. The van der Waals surface area contributed by atoms with Crippen LogP contribution in [0.3, 0.4) is 0 Å². The fraction of sp³-hybridized carbons (Fsp3) is 0.0779. The third-order valence-electron chi connectivity index (χ3n) is 17.5. The first-order chi connectivity index (χ1) is 40.3. The maximum atomic E-state index is 6.95. The molecule has 82 heavy (non-hydrogen) atoms. The molecular formula is C77H56N4O. The summed E-state index contributed by atoms with van der Waals surface area (Å²) < 4.78 is 11.8. The molecule has 3 aromatic heterocycles. The molecule has 14 aromatic rings.